The molecule has 0 unspecified atom stereocenters. The average molecular weight is 533 g/mol. The topological polar surface area (TPSA) is 69.7 Å². The van der Waals surface area contributed by atoms with E-state index in [1.165, 1.54) is 0 Å². The number of carbonyl (C=O) groups excluding carboxylic acids is 1. The highest BCUT2D eigenvalue weighted by Gasteiger charge is 2.35. The third-order valence-corrected chi connectivity index (χ3v) is 6.52. The van der Waals surface area contributed by atoms with Crippen molar-refractivity contribution >= 4 is 5.91 Å². The quantitative estimate of drug-likeness (QED) is 0.234. The number of hydrogen-bond acceptors (Lipinski definition) is 5. The van der Waals surface area contributed by atoms with Gasteiger partial charge < -0.3 is 19.5 Å². The number of aryl methyl sites for hydroxylation is 3. The van der Waals surface area contributed by atoms with E-state index in [0.29, 0.717) is 31.3 Å². The summed E-state index contributed by atoms with van der Waals surface area (Å²) in [6, 6.07) is 17.9. The van der Waals surface area contributed by atoms with E-state index in [1.54, 1.807) is 0 Å². The molecule has 0 aliphatic rings. The van der Waals surface area contributed by atoms with E-state index in [4.69, 9.17) is 19.2 Å². The minimum Gasteiger partial charge on any atom is -0.488 e. The van der Waals surface area contributed by atoms with Crippen LogP contribution in [0.3, 0.4) is 0 Å². The largest absolute Gasteiger partial charge is 0.488 e. The Labute approximate surface area is 234 Å². The van der Waals surface area contributed by atoms with Gasteiger partial charge in [-0.05, 0) is 87.4 Å². The number of aromatic nitrogens is 1. The van der Waals surface area contributed by atoms with E-state index in [9.17, 15) is 4.79 Å². The number of nitrogens with zero attached hydrogens (tertiary/aromatic N) is 1. The summed E-state index contributed by atoms with van der Waals surface area (Å²) >= 11 is 0. The van der Waals surface area contributed by atoms with Gasteiger partial charge in [-0.15, -0.1) is 0 Å². The van der Waals surface area contributed by atoms with Crippen LogP contribution >= 0.6 is 0 Å². The molecule has 0 radical (unpaired) electrons. The van der Waals surface area contributed by atoms with E-state index >= 15 is 0 Å². The highest BCUT2D eigenvalue weighted by molar-refractivity contribution is 5.95. The Kier molecular flexibility index (Phi) is 11.1. The van der Waals surface area contributed by atoms with Crippen LogP contribution in [0.25, 0.3) is 0 Å². The van der Waals surface area contributed by atoms with Gasteiger partial charge in [0.2, 0.25) is 5.79 Å². The number of benzene rings is 2. The lowest BCUT2D eigenvalue weighted by atomic mass is 9.99. The van der Waals surface area contributed by atoms with Gasteiger partial charge >= 0.3 is 0 Å². The Balaban J connectivity index is 1.85. The Hall–Kier alpha value is -3.22. The fourth-order valence-corrected chi connectivity index (χ4v) is 4.83. The van der Waals surface area contributed by atoms with Crippen LogP contribution in [0.15, 0.2) is 54.6 Å². The molecule has 1 aromatic heterocycles. The third kappa shape index (κ3) is 8.13. The molecule has 1 amide bonds. The number of nitrogens with one attached hydrogen (secondary N) is 1. The summed E-state index contributed by atoms with van der Waals surface area (Å²) in [5.41, 5.74) is 6.37. The molecular weight excluding hydrogens is 488 g/mol. The van der Waals surface area contributed by atoms with E-state index < -0.39 is 5.79 Å². The first-order chi connectivity index (χ1) is 18.7. The van der Waals surface area contributed by atoms with Gasteiger partial charge in [0.15, 0.2) is 0 Å². The van der Waals surface area contributed by atoms with Crippen molar-refractivity contribution < 1.29 is 19.0 Å². The molecule has 39 heavy (non-hydrogen) atoms. The maximum Gasteiger partial charge on any atom is 0.251 e. The fraction of sp³-hybridized carbons (Fsp3) is 0.455. The van der Waals surface area contributed by atoms with Crippen molar-refractivity contribution in [3.8, 4) is 5.75 Å². The first-order valence-corrected chi connectivity index (χ1v) is 14.1. The zero-order valence-electron chi connectivity index (χ0n) is 24.6. The molecule has 0 fully saturated rings. The minimum absolute atomic E-state index is 0.171. The van der Waals surface area contributed by atoms with Crippen molar-refractivity contribution in [2.24, 2.45) is 5.92 Å². The molecule has 6 nitrogen and oxygen atoms in total. The standard InChI is InChI=1S/C33H44N2O4/c1-8-27-19-28(17-24(6)31(27)37-21-26-14-12-11-13-15-26)32(36)34-22-33(38-9-2,39-10-3)29-18-25(7)35-30(20-29)16-23(4)5/h11-15,17-20,23H,8-10,16,21-22H2,1-7H3,(H,34,36). The highest BCUT2D eigenvalue weighted by Crippen LogP contribution is 2.30. The maximum absolute atomic E-state index is 13.4. The Bertz CT molecular complexity index is 1220. The zero-order chi connectivity index (χ0) is 28.4. The van der Waals surface area contributed by atoms with Crippen molar-refractivity contribution in [2.75, 3.05) is 19.8 Å². The average Bonchev–Trinajstić information content (AvgIpc) is 2.90. The normalized spacial score (nSPS) is 11.6. The number of amides is 1. The second kappa shape index (κ2) is 14.2. The zero-order valence-corrected chi connectivity index (χ0v) is 24.6. The molecule has 0 aliphatic heterocycles. The Morgan fingerprint density at radius 3 is 2.28 bits per heavy atom. The Morgan fingerprint density at radius 2 is 1.67 bits per heavy atom. The number of ether oxygens (including phenoxy) is 3. The van der Waals surface area contributed by atoms with Gasteiger partial charge in [-0.1, -0.05) is 51.1 Å². The summed E-state index contributed by atoms with van der Waals surface area (Å²) in [5.74, 6) is 0.0104. The van der Waals surface area contributed by atoms with Crippen LogP contribution in [0.1, 0.15) is 78.6 Å². The van der Waals surface area contributed by atoms with E-state index in [0.717, 1.165) is 52.2 Å². The number of carbonyl (C=O) groups is 1. The monoisotopic (exact) mass is 532 g/mol. The van der Waals surface area contributed by atoms with Gasteiger partial charge in [0.05, 0.1) is 6.54 Å². The lowest BCUT2D eigenvalue weighted by Gasteiger charge is -2.34. The molecule has 0 bridgehead atoms. The molecular formula is C33H44N2O4. The lowest BCUT2D eigenvalue weighted by Crippen LogP contribution is -2.45. The summed E-state index contributed by atoms with van der Waals surface area (Å²) in [5, 5.41) is 3.09. The Morgan fingerprint density at radius 1 is 0.974 bits per heavy atom. The summed E-state index contributed by atoms with van der Waals surface area (Å²) in [6.07, 6.45) is 1.61. The van der Waals surface area contributed by atoms with Crippen LogP contribution in [0.5, 0.6) is 5.75 Å². The van der Waals surface area contributed by atoms with Crippen LogP contribution in [0, 0.1) is 19.8 Å². The van der Waals surface area contributed by atoms with Crippen molar-refractivity contribution in [2.45, 2.75) is 73.7 Å². The lowest BCUT2D eigenvalue weighted by molar-refractivity contribution is -0.238. The van der Waals surface area contributed by atoms with Crippen LogP contribution in [0.2, 0.25) is 0 Å². The molecule has 1 heterocycles. The summed E-state index contributed by atoms with van der Waals surface area (Å²) in [6.45, 7) is 15.8. The van der Waals surface area contributed by atoms with Crippen molar-refractivity contribution in [1.82, 2.24) is 10.3 Å². The van der Waals surface area contributed by atoms with Crippen molar-refractivity contribution in [1.29, 1.82) is 0 Å². The van der Waals surface area contributed by atoms with Crippen molar-refractivity contribution in [3.63, 3.8) is 0 Å². The van der Waals surface area contributed by atoms with E-state index in [2.05, 4.69) is 26.1 Å². The minimum atomic E-state index is -1.11. The van der Waals surface area contributed by atoms with Crippen molar-refractivity contribution in [3.05, 3.63) is 93.8 Å². The molecule has 0 spiro atoms. The first kappa shape index (κ1) is 30.3. The predicted molar refractivity (Wildman–Crippen MR) is 156 cm³/mol. The number of hydrogen-bond donors (Lipinski definition) is 1. The summed E-state index contributed by atoms with van der Waals surface area (Å²) in [4.78, 5) is 18.2. The molecule has 3 rings (SSSR count). The van der Waals surface area contributed by atoms with E-state index in [-0.39, 0.29) is 12.5 Å². The van der Waals surface area contributed by atoms with Gasteiger partial charge in [0.1, 0.15) is 12.4 Å². The predicted octanol–water partition coefficient (Wildman–Crippen LogP) is 6.69. The van der Waals surface area contributed by atoms with Crippen LogP contribution in [-0.4, -0.2) is 30.6 Å². The number of pyridine rings is 1. The summed E-state index contributed by atoms with van der Waals surface area (Å²) < 4.78 is 18.7. The fourth-order valence-electron chi connectivity index (χ4n) is 4.83. The SMILES string of the molecule is CCOC(CNC(=O)c1cc(C)c(OCc2ccccc2)c(CC)c1)(OCC)c1cc(C)nc(CC(C)C)c1. The molecule has 0 saturated carbocycles. The first-order valence-electron chi connectivity index (χ1n) is 14.1. The second-order valence-electron chi connectivity index (χ2n) is 10.3. The van der Waals surface area contributed by atoms with Gasteiger partial charge in [-0.3, -0.25) is 9.78 Å². The molecule has 6 heteroatoms. The van der Waals surface area contributed by atoms with Crippen LogP contribution in [-0.2, 0) is 34.7 Å². The molecule has 0 atom stereocenters. The van der Waals surface area contributed by atoms with E-state index in [1.807, 2.05) is 82.3 Å². The molecule has 2 aromatic carbocycles. The number of rotatable bonds is 14. The molecule has 210 valence electrons. The van der Waals surface area contributed by atoms with Crippen LogP contribution in [0.4, 0.5) is 0 Å². The summed E-state index contributed by atoms with van der Waals surface area (Å²) in [7, 11) is 0. The van der Waals surface area contributed by atoms with Gasteiger partial charge in [-0.2, -0.15) is 0 Å². The third-order valence-electron chi connectivity index (χ3n) is 6.52. The molecule has 0 aliphatic carbocycles. The smallest absolute Gasteiger partial charge is 0.251 e. The molecule has 1 N–H and O–H groups in total. The van der Waals surface area contributed by atoms with Gasteiger partial charge in [0.25, 0.3) is 5.91 Å². The molecule has 3 aromatic rings. The van der Waals surface area contributed by atoms with Crippen LogP contribution < -0.4 is 10.1 Å². The van der Waals surface area contributed by atoms with Gasteiger partial charge in [-0.25, -0.2) is 0 Å². The second-order valence-corrected chi connectivity index (χ2v) is 10.3. The highest BCUT2D eigenvalue weighted by atomic mass is 16.7. The van der Waals surface area contributed by atoms with Gasteiger partial charge in [0, 0.05) is 35.7 Å². The maximum atomic E-state index is 13.4. The molecule has 0 saturated heterocycles.